The number of amides is 1. The number of nitro groups is 1. The van der Waals surface area contributed by atoms with E-state index in [1.807, 2.05) is 18.2 Å². The number of carbonyl (C=O) groups is 1. The van der Waals surface area contributed by atoms with E-state index < -0.39 is 4.92 Å². The molecule has 6 nitrogen and oxygen atoms in total. The summed E-state index contributed by atoms with van der Waals surface area (Å²) in [5.74, 6) is -0.00110. The first-order valence-corrected chi connectivity index (χ1v) is 8.83. The Balaban J connectivity index is 1.61. The number of carbonyl (C=O) groups excluding carboxylic acids is 1. The summed E-state index contributed by atoms with van der Waals surface area (Å²) in [5.41, 5.74) is 1.98. The molecule has 0 unspecified atom stereocenters. The maximum absolute atomic E-state index is 12.7. The van der Waals surface area contributed by atoms with Crippen LogP contribution in [0.25, 0.3) is 0 Å². The molecular formula is C20H23N3O3. The number of non-ortho nitro benzene ring substituents is 1. The van der Waals surface area contributed by atoms with Gasteiger partial charge in [0.1, 0.15) is 0 Å². The fourth-order valence-electron chi connectivity index (χ4n) is 3.44. The Morgan fingerprint density at radius 2 is 1.88 bits per heavy atom. The van der Waals surface area contributed by atoms with Crippen LogP contribution in [0.5, 0.6) is 0 Å². The van der Waals surface area contributed by atoms with Gasteiger partial charge in [0.05, 0.1) is 11.5 Å². The molecular weight excluding hydrogens is 330 g/mol. The summed E-state index contributed by atoms with van der Waals surface area (Å²) in [7, 11) is 1.71. The summed E-state index contributed by atoms with van der Waals surface area (Å²) >= 11 is 0. The maximum atomic E-state index is 12.7. The molecule has 0 aliphatic carbocycles. The van der Waals surface area contributed by atoms with E-state index in [9.17, 15) is 14.9 Å². The topological polar surface area (TPSA) is 66.7 Å². The van der Waals surface area contributed by atoms with Crippen LogP contribution in [0.2, 0.25) is 0 Å². The zero-order chi connectivity index (χ0) is 18.5. The van der Waals surface area contributed by atoms with Gasteiger partial charge in [0.2, 0.25) is 5.91 Å². The highest BCUT2D eigenvalue weighted by atomic mass is 16.6. The lowest BCUT2D eigenvalue weighted by molar-refractivity contribution is -0.384. The first kappa shape index (κ1) is 18.1. The largest absolute Gasteiger partial charge is 0.314 e. The standard InChI is InChI=1S/C20H23N3O3/c1-21(17-9-11-18(12-10-17)23(25)26)20(24)15-22-13-5-8-19(22)14-16-6-3-2-4-7-16/h2-4,6-7,9-12,19H,5,8,13-15H2,1H3/t19-/m1/s1. The lowest BCUT2D eigenvalue weighted by atomic mass is 10.0. The van der Waals surface area contributed by atoms with Crippen molar-refractivity contribution in [2.45, 2.75) is 25.3 Å². The van der Waals surface area contributed by atoms with Gasteiger partial charge in [-0.2, -0.15) is 0 Å². The molecule has 1 atom stereocenters. The van der Waals surface area contributed by atoms with Gasteiger partial charge in [-0.25, -0.2) is 0 Å². The van der Waals surface area contributed by atoms with Crippen LogP contribution in [0.15, 0.2) is 54.6 Å². The van der Waals surface area contributed by atoms with Crippen LogP contribution >= 0.6 is 0 Å². The molecule has 0 spiro atoms. The lowest BCUT2D eigenvalue weighted by Crippen LogP contribution is -2.41. The van der Waals surface area contributed by atoms with Crippen LogP contribution < -0.4 is 4.90 Å². The second kappa shape index (κ2) is 8.10. The molecule has 136 valence electrons. The van der Waals surface area contributed by atoms with Crippen LogP contribution in [0.1, 0.15) is 18.4 Å². The number of hydrogen-bond donors (Lipinski definition) is 0. The van der Waals surface area contributed by atoms with Crippen LogP contribution in [0.4, 0.5) is 11.4 Å². The molecule has 0 N–H and O–H groups in total. The monoisotopic (exact) mass is 353 g/mol. The molecule has 0 radical (unpaired) electrons. The fourth-order valence-corrected chi connectivity index (χ4v) is 3.44. The van der Waals surface area contributed by atoms with Crippen LogP contribution in [0, 0.1) is 10.1 Å². The number of nitro benzene ring substituents is 1. The van der Waals surface area contributed by atoms with Gasteiger partial charge < -0.3 is 4.90 Å². The molecule has 6 heteroatoms. The minimum atomic E-state index is -0.440. The minimum Gasteiger partial charge on any atom is -0.314 e. The van der Waals surface area contributed by atoms with Crippen molar-refractivity contribution in [2.75, 3.05) is 25.0 Å². The van der Waals surface area contributed by atoms with Gasteiger partial charge in [0, 0.05) is 30.9 Å². The van der Waals surface area contributed by atoms with E-state index >= 15 is 0 Å². The quantitative estimate of drug-likeness (QED) is 0.590. The summed E-state index contributed by atoms with van der Waals surface area (Å²) in [4.78, 5) is 26.8. The predicted molar refractivity (Wildman–Crippen MR) is 101 cm³/mol. The molecule has 1 aliphatic rings. The first-order chi connectivity index (χ1) is 12.5. The maximum Gasteiger partial charge on any atom is 0.269 e. The van der Waals surface area contributed by atoms with Gasteiger partial charge in [-0.1, -0.05) is 30.3 Å². The molecule has 1 heterocycles. The molecule has 2 aromatic carbocycles. The number of likely N-dealkylation sites (N-methyl/N-ethyl adjacent to an activating group) is 1. The summed E-state index contributed by atoms with van der Waals surface area (Å²) in [5, 5.41) is 10.8. The SMILES string of the molecule is CN(C(=O)CN1CCC[C@@H]1Cc1ccccc1)c1ccc([N+](=O)[O-])cc1. The molecule has 1 saturated heterocycles. The normalized spacial score (nSPS) is 17.2. The first-order valence-electron chi connectivity index (χ1n) is 8.83. The Hall–Kier alpha value is -2.73. The van der Waals surface area contributed by atoms with E-state index in [2.05, 4.69) is 17.0 Å². The number of hydrogen-bond acceptors (Lipinski definition) is 4. The number of rotatable bonds is 6. The van der Waals surface area contributed by atoms with Gasteiger partial charge in [-0.3, -0.25) is 19.8 Å². The van der Waals surface area contributed by atoms with E-state index in [4.69, 9.17) is 0 Å². The summed E-state index contributed by atoms with van der Waals surface area (Å²) in [6.45, 7) is 1.29. The van der Waals surface area contributed by atoms with Crippen molar-refractivity contribution in [3.63, 3.8) is 0 Å². The molecule has 1 aliphatic heterocycles. The van der Waals surface area contributed by atoms with Gasteiger partial charge >= 0.3 is 0 Å². The smallest absolute Gasteiger partial charge is 0.269 e. The zero-order valence-electron chi connectivity index (χ0n) is 14.9. The number of benzene rings is 2. The third-order valence-corrected chi connectivity index (χ3v) is 4.97. The van der Waals surface area contributed by atoms with E-state index in [1.165, 1.54) is 17.7 Å². The number of likely N-dealkylation sites (tertiary alicyclic amines) is 1. The van der Waals surface area contributed by atoms with Crippen LogP contribution in [-0.4, -0.2) is 41.9 Å². The van der Waals surface area contributed by atoms with Crippen molar-refractivity contribution < 1.29 is 9.72 Å². The van der Waals surface area contributed by atoms with Crippen molar-refractivity contribution in [1.29, 1.82) is 0 Å². The average Bonchev–Trinajstić information content (AvgIpc) is 3.08. The third kappa shape index (κ3) is 4.26. The molecule has 1 fully saturated rings. The van der Waals surface area contributed by atoms with Crippen molar-refractivity contribution in [1.82, 2.24) is 4.90 Å². The molecule has 0 saturated carbocycles. The highest BCUT2D eigenvalue weighted by Crippen LogP contribution is 2.23. The summed E-state index contributed by atoms with van der Waals surface area (Å²) in [6.07, 6.45) is 3.16. The zero-order valence-corrected chi connectivity index (χ0v) is 14.9. The molecule has 3 rings (SSSR count). The average molecular weight is 353 g/mol. The molecule has 0 bridgehead atoms. The lowest BCUT2D eigenvalue weighted by Gasteiger charge is -2.26. The molecule has 1 amide bonds. The Bertz CT molecular complexity index is 762. The highest BCUT2D eigenvalue weighted by Gasteiger charge is 2.27. The van der Waals surface area contributed by atoms with Gasteiger partial charge in [0.15, 0.2) is 0 Å². The van der Waals surface area contributed by atoms with Crippen LogP contribution in [-0.2, 0) is 11.2 Å². The van der Waals surface area contributed by atoms with Gasteiger partial charge in [0.25, 0.3) is 5.69 Å². The third-order valence-electron chi connectivity index (χ3n) is 4.97. The predicted octanol–water partition coefficient (Wildman–Crippen LogP) is 3.26. The number of anilines is 1. The summed E-state index contributed by atoms with van der Waals surface area (Å²) in [6, 6.07) is 16.8. The van der Waals surface area contributed by atoms with Gasteiger partial charge in [-0.05, 0) is 43.5 Å². The van der Waals surface area contributed by atoms with Crippen molar-refractivity contribution in [2.24, 2.45) is 0 Å². The van der Waals surface area contributed by atoms with Gasteiger partial charge in [-0.15, -0.1) is 0 Å². The van der Waals surface area contributed by atoms with Crippen molar-refractivity contribution >= 4 is 17.3 Å². The molecule has 0 aromatic heterocycles. The highest BCUT2D eigenvalue weighted by molar-refractivity contribution is 5.94. The Morgan fingerprint density at radius 1 is 1.19 bits per heavy atom. The fraction of sp³-hybridized carbons (Fsp3) is 0.350. The van der Waals surface area contributed by atoms with E-state index in [1.54, 1.807) is 24.1 Å². The van der Waals surface area contributed by atoms with Crippen molar-refractivity contribution in [3.05, 3.63) is 70.3 Å². The minimum absolute atomic E-state index is 0.00110. The molecule has 26 heavy (non-hydrogen) atoms. The summed E-state index contributed by atoms with van der Waals surface area (Å²) < 4.78 is 0. The second-order valence-corrected chi connectivity index (χ2v) is 6.68. The number of nitrogens with zero attached hydrogens (tertiary/aromatic N) is 3. The second-order valence-electron chi connectivity index (χ2n) is 6.68. The van der Waals surface area contributed by atoms with Crippen LogP contribution in [0.3, 0.4) is 0 Å². The Labute approximate surface area is 153 Å². The van der Waals surface area contributed by atoms with E-state index in [0.717, 1.165) is 25.8 Å². The Kier molecular flexibility index (Phi) is 5.63. The Morgan fingerprint density at radius 3 is 2.54 bits per heavy atom. The van der Waals surface area contributed by atoms with E-state index in [-0.39, 0.29) is 11.6 Å². The molecule has 2 aromatic rings. The van der Waals surface area contributed by atoms with Crippen molar-refractivity contribution in [3.8, 4) is 0 Å². The van der Waals surface area contributed by atoms with E-state index in [0.29, 0.717) is 18.3 Å².